The van der Waals surface area contributed by atoms with Gasteiger partial charge in [-0.1, -0.05) is 6.58 Å². The highest BCUT2D eigenvalue weighted by atomic mass is 31.3. The quantitative estimate of drug-likeness (QED) is 0.141. The third-order valence-corrected chi connectivity index (χ3v) is 8.43. The van der Waals surface area contributed by atoms with Gasteiger partial charge in [-0.2, -0.15) is 4.31 Å². The molecule has 0 aromatic heterocycles. The molecule has 5 unspecified atom stereocenters. The van der Waals surface area contributed by atoms with Crippen LogP contribution in [0.15, 0.2) is 24.7 Å². The molecule has 0 spiro atoms. The van der Waals surface area contributed by atoms with Gasteiger partial charge in [0.05, 0.1) is 24.9 Å². The molecule has 3 heterocycles. The van der Waals surface area contributed by atoms with Gasteiger partial charge in [-0.15, -0.1) is 0 Å². The van der Waals surface area contributed by atoms with Crippen molar-refractivity contribution in [2.24, 2.45) is 0 Å². The van der Waals surface area contributed by atoms with Crippen LogP contribution < -0.4 is 5.32 Å². The van der Waals surface area contributed by atoms with Gasteiger partial charge in [0.1, 0.15) is 30.2 Å². The van der Waals surface area contributed by atoms with Gasteiger partial charge in [-0.05, 0) is 21.0 Å². The first-order valence-electron chi connectivity index (χ1n) is 10.9. The average Bonchev–Trinajstić information content (AvgIpc) is 3.03. The van der Waals surface area contributed by atoms with E-state index in [4.69, 9.17) is 14.0 Å². The van der Waals surface area contributed by atoms with Crippen LogP contribution in [0.25, 0.3) is 0 Å². The number of nitrogens with one attached hydrogen (secondary N) is 1. The van der Waals surface area contributed by atoms with Crippen molar-refractivity contribution in [1.82, 2.24) is 15.1 Å². The van der Waals surface area contributed by atoms with E-state index in [1.165, 1.54) is 37.0 Å². The van der Waals surface area contributed by atoms with Crippen molar-refractivity contribution in [2.45, 2.75) is 62.1 Å². The van der Waals surface area contributed by atoms with E-state index in [1.807, 2.05) is 0 Å². The Labute approximate surface area is 211 Å². The largest absolute Gasteiger partial charge is 0.483 e. The highest BCUT2D eigenvalue weighted by Gasteiger charge is 2.50. The summed E-state index contributed by atoms with van der Waals surface area (Å²) in [5, 5.41) is 43.5. The Balaban J connectivity index is 1.59. The third-order valence-electron chi connectivity index (χ3n) is 5.83. The second-order valence-electron chi connectivity index (χ2n) is 8.77. The summed E-state index contributed by atoms with van der Waals surface area (Å²) in [6.07, 6.45) is -9.10. The summed E-state index contributed by atoms with van der Waals surface area (Å²) in [5.41, 5.74) is 0. The average molecular weight is 575 g/mol. The van der Waals surface area contributed by atoms with Crippen LogP contribution in [0.5, 0.6) is 0 Å². The molecule has 11 atom stereocenters. The number of likely N-dealkylation sites (N-methyl/N-ethyl adjacent to an activating group) is 1. The number of amides is 1. The monoisotopic (exact) mass is 575 g/mol. The van der Waals surface area contributed by atoms with Crippen LogP contribution in [-0.4, -0.2) is 122 Å². The second-order valence-corrected chi connectivity index (χ2v) is 11.8. The van der Waals surface area contributed by atoms with Gasteiger partial charge in [0.2, 0.25) is 0 Å². The number of phosphoric ester groups is 2. The molecular weight excluding hydrogens is 544 g/mol. The fourth-order valence-electron chi connectivity index (χ4n) is 4.01. The zero-order chi connectivity index (χ0) is 27.9. The molecule has 2 fully saturated rings. The summed E-state index contributed by atoms with van der Waals surface area (Å²) < 4.78 is 49.0. The van der Waals surface area contributed by atoms with Gasteiger partial charge in [0.25, 0.3) is 5.91 Å². The smallest absolute Gasteiger partial charge is 0.389 e. The lowest BCUT2D eigenvalue weighted by atomic mass is 9.96. The number of ether oxygens (including phenoxy) is 2. The summed E-state index contributed by atoms with van der Waals surface area (Å²) >= 11 is 0. The Kier molecular flexibility index (Phi) is 9.37. The second kappa shape index (κ2) is 11.5. The first kappa shape index (κ1) is 30.3. The fraction of sp³-hybridized carbons (Fsp3) is 0.722. The molecule has 37 heavy (non-hydrogen) atoms. The maximum absolute atomic E-state index is 12.4. The van der Waals surface area contributed by atoms with E-state index in [-0.39, 0.29) is 5.82 Å². The zero-order valence-corrected chi connectivity index (χ0v) is 21.8. The molecule has 7 N–H and O–H groups in total. The number of carbonyl (C=O) groups is 1. The SMILES string of the molecule is C=C1NC(=O)C=CN1[C@@H]1O[C@H](COP(=O)(O)OP(=O)(O)O[C@H]2OC(C)[C@@H](O)[C@H](N(C)C)C2O)C(O)[C@@H]1O. The first-order valence-corrected chi connectivity index (χ1v) is 13.9. The van der Waals surface area contributed by atoms with Crippen LogP contribution in [0.3, 0.4) is 0 Å². The van der Waals surface area contributed by atoms with E-state index in [0.717, 1.165) is 6.08 Å². The van der Waals surface area contributed by atoms with Crippen molar-refractivity contribution in [3.8, 4) is 0 Å². The van der Waals surface area contributed by atoms with Crippen LogP contribution in [0.4, 0.5) is 0 Å². The topological polar surface area (TPSA) is 237 Å². The number of hydrogen-bond acceptors (Lipinski definition) is 14. The van der Waals surface area contributed by atoms with Crippen molar-refractivity contribution in [1.29, 1.82) is 0 Å². The van der Waals surface area contributed by atoms with Gasteiger partial charge >= 0.3 is 15.6 Å². The number of nitrogens with zero attached hydrogens (tertiary/aromatic N) is 2. The van der Waals surface area contributed by atoms with Crippen LogP contribution in [0, 0.1) is 0 Å². The minimum atomic E-state index is -5.40. The predicted molar refractivity (Wildman–Crippen MR) is 121 cm³/mol. The van der Waals surface area contributed by atoms with Crippen LogP contribution in [0.2, 0.25) is 0 Å². The minimum absolute atomic E-state index is 0.0327. The number of phosphoric acid groups is 2. The minimum Gasteiger partial charge on any atom is -0.389 e. The third kappa shape index (κ3) is 7.03. The molecular formula is C18H31N3O14P2. The Hall–Kier alpha value is -1.27. The number of carbonyl (C=O) groups excluding carboxylic acids is 1. The van der Waals surface area contributed by atoms with Crippen molar-refractivity contribution in [3.63, 3.8) is 0 Å². The van der Waals surface area contributed by atoms with E-state index in [0.29, 0.717) is 0 Å². The Morgan fingerprint density at radius 3 is 2.32 bits per heavy atom. The molecule has 0 aliphatic carbocycles. The van der Waals surface area contributed by atoms with Crippen LogP contribution >= 0.6 is 15.6 Å². The van der Waals surface area contributed by atoms with E-state index in [9.17, 15) is 44.1 Å². The van der Waals surface area contributed by atoms with Crippen molar-refractivity contribution < 1.29 is 67.0 Å². The number of aliphatic hydroxyl groups excluding tert-OH is 4. The highest BCUT2D eigenvalue weighted by Crippen LogP contribution is 2.61. The van der Waals surface area contributed by atoms with Crippen molar-refractivity contribution >= 4 is 21.6 Å². The van der Waals surface area contributed by atoms with Gasteiger partial charge in [0.15, 0.2) is 12.5 Å². The summed E-state index contributed by atoms with van der Waals surface area (Å²) in [7, 11) is -7.68. The van der Waals surface area contributed by atoms with E-state index in [1.54, 1.807) is 0 Å². The maximum atomic E-state index is 12.4. The van der Waals surface area contributed by atoms with Crippen LogP contribution in [0.1, 0.15) is 6.92 Å². The summed E-state index contributed by atoms with van der Waals surface area (Å²) in [6, 6.07) is -0.967. The standard InChI is InChI=1S/C18H31N3O14P2/c1-8-13(23)12(20(3)4)15(25)18(32-8)34-37(29,30)35-36(27,28)31-7-10-14(24)16(26)17(33-10)21-6-5-11(22)19-9(21)2/h5-6,8,10,12-18,23-26H,2,7H2,1,3-4H3,(H,19,22)(H,27,28)(H,29,30)/t8?,10-,12+,13-,14?,15?,16+,17-,18-/m1/s1. The fourth-order valence-corrected chi connectivity index (χ4v) is 6.16. The number of rotatable bonds is 9. The van der Waals surface area contributed by atoms with Gasteiger partial charge in [-0.25, -0.2) is 9.13 Å². The Morgan fingerprint density at radius 1 is 1.08 bits per heavy atom. The summed E-state index contributed by atoms with van der Waals surface area (Å²) in [6.45, 7) is 4.13. The molecule has 0 radical (unpaired) electrons. The summed E-state index contributed by atoms with van der Waals surface area (Å²) in [5.74, 6) is -0.442. The lowest BCUT2D eigenvalue weighted by Crippen LogP contribution is -2.62. The summed E-state index contributed by atoms with van der Waals surface area (Å²) in [4.78, 5) is 34.0. The lowest BCUT2D eigenvalue weighted by Gasteiger charge is -2.44. The molecule has 3 rings (SSSR count). The zero-order valence-electron chi connectivity index (χ0n) is 20.0. The molecule has 1 amide bonds. The number of hydrogen-bond donors (Lipinski definition) is 7. The van der Waals surface area contributed by atoms with Gasteiger partial charge in [0, 0.05) is 12.3 Å². The predicted octanol–water partition coefficient (Wildman–Crippen LogP) is -2.50. The molecule has 212 valence electrons. The maximum Gasteiger partial charge on any atom is 0.483 e. The molecule has 2 saturated heterocycles. The van der Waals surface area contributed by atoms with Crippen molar-refractivity contribution in [3.05, 3.63) is 24.7 Å². The highest BCUT2D eigenvalue weighted by molar-refractivity contribution is 7.61. The van der Waals surface area contributed by atoms with Crippen molar-refractivity contribution in [2.75, 3.05) is 20.7 Å². The molecule has 0 bridgehead atoms. The van der Waals surface area contributed by atoms with Crippen LogP contribution in [-0.2, 0) is 36.8 Å². The molecule has 0 aromatic rings. The van der Waals surface area contributed by atoms with Gasteiger partial charge < -0.3 is 54.8 Å². The normalized spacial score (nSPS) is 39.9. The van der Waals surface area contributed by atoms with E-state index >= 15 is 0 Å². The first-order chi connectivity index (χ1) is 17.0. The molecule has 3 aliphatic rings. The number of aliphatic hydroxyl groups is 4. The molecule has 3 aliphatic heterocycles. The van der Waals surface area contributed by atoms with Gasteiger partial charge in [-0.3, -0.25) is 13.8 Å². The molecule has 19 heteroatoms. The Bertz CT molecular complexity index is 997. The molecule has 17 nitrogen and oxygen atoms in total. The lowest BCUT2D eigenvalue weighted by molar-refractivity contribution is -0.256. The molecule has 0 aromatic carbocycles. The Morgan fingerprint density at radius 2 is 1.73 bits per heavy atom. The van der Waals surface area contributed by atoms with E-state index in [2.05, 4.69) is 20.7 Å². The van der Waals surface area contributed by atoms with E-state index < -0.39 is 83.3 Å². The molecule has 0 saturated carbocycles.